The first-order valence-corrected chi connectivity index (χ1v) is 8.80. The summed E-state index contributed by atoms with van der Waals surface area (Å²) in [7, 11) is 0. The minimum atomic E-state index is -0.315. The maximum Gasteiger partial charge on any atom is 0.251 e. The number of fused-ring (bicyclic) bond motifs is 1. The van der Waals surface area contributed by atoms with Gasteiger partial charge >= 0.3 is 0 Å². The molecule has 2 aromatic carbocycles. The van der Waals surface area contributed by atoms with Gasteiger partial charge in [-0.3, -0.25) is 4.79 Å². The second kappa shape index (κ2) is 7.18. The van der Waals surface area contributed by atoms with Crippen molar-refractivity contribution in [1.82, 2.24) is 5.32 Å². The van der Waals surface area contributed by atoms with Gasteiger partial charge in [0, 0.05) is 17.5 Å². The third kappa shape index (κ3) is 4.13. The van der Waals surface area contributed by atoms with Gasteiger partial charge in [0.15, 0.2) is 0 Å². The van der Waals surface area contributed by atoms with Gasteiger partial charge in [0.1, 0.15) is 17.1 Å². The van der Waals surface area contributed by atoms with Crippen molar-refractivity contribution < 1.29 is 14.3 Å². The van der Waals surface area contributed by atoms with E-state index >= 15 is 0 Å². The third-order valence-corrected chi connectivity index (χ3v) is 4.27. The summed E-state index contributed by atoms with van der Waals surface area (Å²) in [6, 6.07) is 15.1. The molecule has 1 N–H and O–H groups in total. The second-order valence-corrected chi connectivity index (χ2v) is 7.00. The Morgan fingerprint density at radius 1 is 1.20 bits per heavy atom. The summed E-state index contributed by atoms with van der Waals surface area (Å²) in [5.41, 5.74) is 1.34. The van der Waals surface area contributed by atoms with Crippen LogP contribution in [-0.2, 0) is 0 Å². The topological polar surface area (TPSA) is 47.6 Å². The Labute approximate surface area is 149 Å². The summed E-state index contributed by atoms with van der Waals surface area (Å²) in [6.45, 7) is 6.83. The smallest absolute Gasteiger partial charge is 0.251 e. The maximum absolute atomic E-state index is 12.7. The number of benzene rings is 2. The second-order valence-electron chi connectivity index (χ2n) is 7.00. The van der Waals surface area contributed by atoms with Crippen molar-refractivity contribution in [3.05, 3.63) is 59.7 Å². The molecule has 0 fully saturated rings. The van der Waals surface area contributed by atoms with E-state index in [4.69, 9.17) is 9.47 Å². The highest BCUT2D eigenvalue weighted by Gasteiger charge is 2.34. The molecule has 0 radical (unpaired) electrons. The first-order chi connectivity index (χ1) is 12.0. The highest BCUT2D eigenvalue weighted by atomic mass is 16.5. The SMILES string of the molecule is CCCOc1ccc(C(=O)N[C@@H]2CC(C)(C)Oc3ccccc32)cc1. The standard InChI is InChI=1S/C21H25NO3/c1-4-13-24-16-11-9-15(10-12-16)20(23)22-18-14-21(2,3)25-19-8-6-5-7-17(18)19/h5-12,18H,4,13-14H2,1-3H3,(H,22,23)/t18-/m1/s1. The first-order valence-electron chi connectivity index (χ1n) is 8.80. The van der Waals surface area contributed by atoms with Crippen LogP contribution < -0.4 is 14.8 Å². The first kappa shape index (κ1) is 17.3. The molecule has 25 heavy (non-hydrogen) atoms. The van der Waals surface area contributed by atoms with Crippen molar-refractivity contribution in [2.75, 3.05) is 6.61 Å². The van der Waals surface area contributed by atoms with Gasteiger partial charge in [0.2, 0.25) is 0 Å². The lowest BCUT2D eigenvalue weighted by atomic mass is 9.89. The molecule has 0 spiro atoms. The molecular weight excluding hydrogens is 314 g/mol. The number of carbonyl (C=O) groups is 1. The van der Waals surface area contributed by atoms with E-state index in [9.17, 15) is 4.79 Å². The summed E-state index contributed by atoms with van der Waals surface area (Å²) in [5.74, 6) is 1.54. The van der Waals surface area contributed by atoms with E-state index < -0.39 is 0 Å². The van der Waals surface area contributed by atoms with Gasteiger partial charge in [-0.15, -0.1) is 0 Å². The van der Waals surface area contributed by atoms with E-state index in [0.717, 1.165) is 29.9 Å². The van der Waals surface area contributed by atoms with E-state index in [-0.39, 0.29) is 17.6 Å². The predicted octanol–water partition coefficient (Wildman–Crippen LogP) is 4.51. The molecule has 0 aliphatic carbocycles. The van der Waals surface area contributed by atoms with Crippen LogP contribution in [0.4, 0.5) is 0 Å². The van der Waals surface area contributed by atoms with Gasteiger partial charge in [-0.05, 0) is 50.6 Å². The normalized spacial score (nSPS) is 18.0. The van der Waals surface area contributed by atoms with Gasteiger partial charge in [-0.2, -0.15) is 0 Å². The van der Waals surface area contributed by atoms with E-state index in [1.807, 2.05) is 50.2 Å². The molecule has 1 aliphatic heterocycles. The van der Waals surface area contributed by atoms with E-state index in [0.29, 0.717) is 12.2 Å². The van der Waals surface area contributed by atoms with Crippen LogP contribution in [0.1, 0.15) is 55.6 Å². The summed E-state index contributed by atoms with van der Waals surface area (Å²) < 4.78 is 11.6. The Kier molecular flexibility index (Phi) is 4.98. The Morgan fingerprint density at radius 2 is 1.92 bits per heavy atom. The number of hydrogen-bond acceptors (Lipinski definition) is 3. The lowest BCUT2D eigenvalue weighted by Gasteiger charge is -2.37. The van der Waals surface area contributed by atoms with Crippen molar-refractivity contribution in [2.45, 2.75) is 45.3 Å². The van der Waals surface area contributed by atoms with Gasteiger partial charge < -0.3 is 14.8 Å². The van der Waals surface area contributed by atoms with Crippen molar-refractivity contribution in [1.29, 1.82) is 0 Å². The fourth-order valence-corrected chi connectivity index (χ4v) is 3.10. The van der Waals surface area contributed by atoms with Crippen LogP contribution in [0.25, 0.3) is 0 Å². The third-order valence-electron chi connectivity index (χ3n) is 4.27. The summed E-state index contributed by atoms with van der Waals surface area (Å²) in [4.78, 5) is 12.7. The largest absolute Gasteiger partial charge is 0.494 e. The zero-order valence-corrected chi connectivity index (χ0v) is 15.0. The predicted molar refractivity (Wildman–Crippen MR) is 98.2 cm³/mol. The van der Waals surface area contributed by atoms with E-state index in [1.54, 1.807) is 12.1 Å². The number of carbonyl (C=O) groups excluding carboxylic acids is 1. The van der Waals surface area contributed by atoms with Crippen LogP contribution in [-0.4, -0.2) is 18.1 Å². The van der Waals surface area contributed by atoms with Gasteiger partial charge in [0.25, 0.3) is 5.91 Å². The van der Waals surface area contributed by atoms with Crippen LogP contribution in [0.5, 0.6) is 11.5 Å². The van der Waals surface area contributed by atoms with Crippen molar-refractivity contribution in [3.63, 3.8) is 0 Å². The number of ether oxygens (including phenoxy) is 2. The number of nitrogens with one attached hydrogen (secondary N) is 1. The lowest BCUT2D eigenvalue weighted by molar-refractivity contribution is 0.0620. The average Bonchev–Trinajstić information content (AvgIpc) is 2.59. The molecule has 1 amide bonds. The molecule has 132 valence electrons. The number of para-hydroxylation sites is 1. The highest BCUT2D eigenvalue weighted by Crippen LogP contribution is 2.39. The summed E-state index contributed by atoms with van der Waals surface area (Å²) >= 11 is 0. The monoisotopic (exact) mass is 339 g/mol. The average molecular weight is 339 g/mol. The van der Waals surface area contributed by atoms with E-state index in [2.05, 4.69) is 12.2 Å². The molecule has 1 heterocycles. The highest BCUT2D eigenvalue weighted by molar-refractivity contribution is 5.94. The molecule has 2 aromatic rings. The lowest BCUT2D eigenvalue weighted by Crippen LogP contribution is -2.41. The molecule has 3 rings (SSSR count). The Balaban J connectivity index is 1.74. The van der Waals surface area contributed by atoms with Gasteiger partial charge in [-0.25, -0.2) is 0 Å². The fraction of sp³-hybridized carbons (Fsp3) is 0.381. The number of hydrogen-bond donors (Lipinski definition) is 1. The molecule has 0 saturated carbocycles. The van der Waals surface area contributed by atoms with Crippen LogP contribution in [0, 0.1) is 0 Å². The van der Waals surface area contributed by atoms with E-state index in [1.165, 1.54) is 0 Å². The summed E-state index contributed by atoms with van der Waals surface area (Å²) in [5, 5.41) is 3.15. The summed E-state index contributed by atoms with van der Waals surface area (Å²) in [6.07, 6.45) is 1.69. The van der Waals surface area contributed by atoms with Crippen molar-refractivity contribution in [3.8, 4) is 11.5 Å². The fourth-order valence-electron chi connectivity index (χ4n) is 3.10. The minimum Gasteiger partial charge on any atom is -0.494 e. The molecule has 4 nitrogen and oxygen atoms in total. The zero-order chi connectivity index (χ0) is 17.9. The van der Waals surface area contributed by atoms with Crippen molar-refractivity contribution in [2.24, 2.45) is 0 Å². The Bertz CT molecular complexity index is 737. The molecule has 0 saturated heterocycles. The molecule has 4 heteroatoms. The molecule has 0 aromatic heterocycles. The molecule has 0 bridgehead atoms. The Morgan fingerprint density at radius 3 is 2.64 bits per heavy atom. The molecule has 0 unspecified atom stereocenters. The maximum atomic E-state index is 12.7. The van der Waals surface area contributed by atoms with Crippen LogP contribution in [0.2, 0.25) is 0 Å². The molecular formula is C21H25NO3. The van der Waals surface area contributed by atoms with Crippen LogP contribution in [0.15, 0.2) is 48.5 Å². The Hall–Kier alpha value is -2.49. The van der Waals surface area contributed by atoms with Crippen LogP contribution >= 0.6 is 0 Å². The number of amides is 1. The van der Waals surface area contributed by atoms with Gasteiger partial charge in [0.05, 0.1) is 12.6 Å². The van der Waals surface area contributed by atoms with Crippen molar-refractivity contribution >= 4 is 5.91 Å². The minimum absolute atomic E-state index is 0.0662. The zero-order valence-electron chi connectivity index (χ0n) is 15.0. The van der Waals surface area contributed by atoms with Gasteiger partial charge in [-0.1, -0.05) is 25.1 Å². The number of rotatable bonds is 5. The quantitative estimate of drug-likeness (QED) is 0.872. The molecule has 1 atom stereocenters. The van der Waals surface area contributed by atoms with Crippen LogP contribution in [0.3, 0.4) is 0 Å². The molecule has 1 aliphatic rings.